The van der Waals surface area contributed by atoms with Gasteiger partial charge in [-0.1, -0.05) is 36.4 Å². The number of nitrogens with two attached hydrogens (primary N) is 1. The van der Waals surface area contributed by atoms with Gasteiger partial charge in [0.1, 0.15) is 16.2 Å². The molecular formula is C21H18N2O4S. The van der Waals surface area contributed by atoms with Gasteiger partial charge in [0.2, 0.25) is 9.84 Å². The first-order valence-electron chi connectivity index (χ1n) is 8.58. The summed E-state index contributed by atoms with van der Waals surface area (Å²) in [6.07, 6.45) is 0. The van der Waals surface area contributed by atoms with Crippen LogP contribution in [0.25, 0.3) is 21.7 Å². The van der Waals surface area contributed by atoms with E-state index in [0.29, 0.717) is 5.39 Å². The number of fused-ring (bicyclic) bond motifs is 2. The standard InChI is InChI=1S/C21H18N2O4S/c1-23(2)16-10-5-9-14-13(16)8-6-12-18(14)28(25,26)20-15-7-3-4-11-17(15)27-21(24)19(20)22/h3-12H,22H2,1-2H3. The molecule has 0 bridgehead atoms. The van der Waals surface area contributed by atoms with Crippen LogP contribution >= 0.6 is 0 Å². The molecule has 0 aliphatic rings. The molecule has 4 aromatic rings. The molecule has 6 nitrogen and oxygen atoms in total. The summed E-state index contributed by atoms with van der Waals surface area (Å²) >= 11 is 0. The highest BCUT2D eigenvalue weighted by Crippen LogP contribution is 2.36. The van der Waals surface area contributed by atoms with Gasteiger partial charge in [0.05, 0.1) is 4.90 Å². The molecule has 0 aliphatic carbocycles. The van der Waals surface area contributed by atoms with Crippen molar-refractivity contribution in [3.05, 3.63) is 71.1 Å². The second-order valence-corrected chi connectivity index (χ2v) is 8.51. The number of nitrogens with zero attached hydrogens (tertiary/aromatic N) is 1. The van der Waals surface area contributed by atoms with Gasteiger partial charge in [-0.15, -0.1) is 0 Å². The van der Waals surface area contributed by atoms with E-state index in [0.717, 1.165) is 11.1 Å². The van der Waals surface area contributed by atoms with Crippen LogP contribution in [0.15, 0.2) is 79.7 Å². The van der Waals surface area contributed by atoms with E-state index in [9.17, 15) is 13.2 Å². The van der Waals surface area contributed by atoms with E-state index in [4.69, 9.17) is 10.2 Å². The molecule has 0 atom stereocenters. The summed E-state index contributed by atoms with van der Waals surface area (Å²) in [6, 6.07) is 17.0. The lowest BCUT2D eigenvalue weighted by molar-refractivity contribution is 0.557. The zero-order valence-corrected chi connectivity index (χ0v) is 16.2. The Kier molecular flexibility index (Phi) is 4.12. The fraction of sp³-hybridized carbons (Fsp3) is 0.0952. The Labute approximate surface area is 161 Å². The molecule has 0 radical (unpaired) electrons. The van der Waals surface area contributed by atoms with Gasteiger partial charge in [-0.2, -0.15) is 0 Å². The van der Waals surface area contributed by atoms with Crippen LogP contribution in [0, 0.1) is 0 Å². The van der Waals surface area contributed by atoms with Gasteiger partial charge in [0.25, 0.3) is 0 Å². The summed E-state index contributed by atoms with van der Waals surface area (Å²) in [5, 5.41) is 1.63. The van der Waals surface area contributed by atoms with Crippen LogP contribution in [-0.4, -0.2) is 22.5 Å². The fourth-order valence-corrected chi connectivity index (χ4v) is 5.20. The summed E-state index contributed by atoms with van der Waals surface area (Å²) in [5.41, 5.74) is 5.68. The number of anilines is 2. The number of hydrogen-bond acceptors (Lipinski definition) is 6. The quantitative estimate of drug-likeness (QED) is 0.535. The third kappa shape index (κ3) is 2.63. The summed E-state index contributed by atoms with van der Waals surface area (Å²) in [4.78, 5) is 14.0. The minimum Gasteiger partial charge on any atom is -0.421 e. The Morgan fingerprint density at radius 3 is 2.25 bits per heavy atom. The van der Waals surface area contributed by atoms with Crippen molar-refractivity contribution < 1.29 is 12.8 Å². The van der Waals surface area contributed by atoms with E-state index in [1.165, 1.54) is 6.07 Å². The number of para-hydroxylation sites is 1. The maximum Gasteiger partial charge on any atom is 0.361 e. The van der Waals surface area contributed by atoms with Crippen molar-refractivity contribution in [2.24, 2.45) is 0 Å². The summed E-state index contributed by atoms with van der Waals surface area (Å²) in [6.45, 7) is 0. The molecule has 0 aliphatic heterocycles. The highest BCUT2D eigenvalue weighted by atomic mass is 32.2. The molecule has 0 unspecified atom stereocenters. The summed E-state index contributed by atoms with van der Waals surface area (Å²) in [5.74, 6) is 0. The van der Waals surface area contributed by atoms with Gasteiger partial charge < -0.3 is 15.1 Å². The normalized spacial score (nSPS) is 11.8. The van der Waals surface area contributed by atoms with Crippen LogP contribution in [0.5, 0.6) is 0 Å². The predicted octanol–water partition coefficient (Wildman–Crippen LogP) is 3.43. The molecule has 7 heteroatoms. The van der Waals surface area contributed by atoms with Crippen LogP contribution in [0.2, 0.25) is 0 Å². The molecule has 0 amide bonds. The van der Waals surface area contributed by atoms with Gasteiger partial charge in [-0.05, 0) is 24.3 Å². The first-order chi connectivity index (χ1) is 13.3. The molecule has 0 fully saturated rings. The van der Waals surface area contributed by atoms with Gasteiger partial charge in [0, 0.05) is 35.9 Å². The lowest BCUT2D eigenvalue weighted by atomic mass is 10.1. The Balaban J connectivity index is 2.12. The van der Waals surface area contributed by atoms with Gasteiger partial charge >= 0.3 is 5.63 Å². The first-order valence-corrected chi connectivity index (χ1v) is 10.1. The molecule has 0 saturated carbocycles. The number of sulfone groups is 1. The SMILES string of the molecule is CN(C)c1cccc2c(S(=O)(=O)c3c(N)c(=O)oc4ccccc34)cccc12. The fourth-order valence-electron chi connectivity index (χ4n) is 3.42. The molecule has 3 aromatic carbocycles. The monoisotopic (exact) mass is 394 g/mol. The van der Waals surface area contributed by atoms with E-state index >= 15 is 0 Å². The van der Waals surface area contributed by atoms with Gasteiger partial charge in [0.15, 0.2) is 0 Å². The van der Waals surface area contributed by atoms with Gasteiger partial charge in [-0.3, -0.25) is 0 Å². The van der Waals surface area contributed by atoms with Crippen molar-refractivity contribution in [1.29, 1.82) is 0 Å². The van der Waals surface area contributed by atoms with Crippen molar-refractivity contribution in [3.63, 3.8) is 0 Å². The Morgan fingerprint density at radius 1 is 0.857 bits per heavy atom. The number of nitrogen functional groups attached to an aromatic ring is 1. The van der Waals surface area contributed by atoms with E-state index < -0.39 is 21.2 Å². The third-order valence-corrected chi connectivity index (χ3v) is 6.61. The summed E-state index contributed by atoms with van der Waals surface area (Å²) < 4.78 is 32.4. The van der Waals surface area contributed by atoms with E-state index in [1.807, 2.05) is 31.1 Å². The van der Waals surface area contributed by atoms with Crippen LogP contribution in [-0.2, 0) is 9.84 Å². The largest absolute Gasteiger partial charge is 0.421 e. The molecule has 0 saturated heterocycles. The van der Waals surface area contributed by atoms with E-state index in [-0.39, 0.29) is 20.8 Å². The van der Waals surface area contributed by atoms with Gasteiger partial charge in [-0.25, -0.2) is 13.2 Å². The smallest absolute Gasteiger partial charge is 0.361 e. The van der Waals surface area contributed by atoms with Crippen LogP contribution in [0.3, 0.4) is 0 Å². The summed E-state index contributed by atoms with van der Waals surface area (Å²) in [7, 11) is -0.306. The lowest BCUT2D eigenvalue weighted by Crippen LogP contribution is -2.15. The van der Waals surface area contributed by atoms with Crippen molar-refractivity contribution in [1.82, 2.24) is 0 Å². The minimum absolute atomic E-state index is 0.0937. The molecule has 1 aromatic heterocycles. The number of benzene rings is 3. The molecule has 4 rings (SSSR count). The average Bonchev–Trinajstić information content (AvgIpc) is 2.67. The molecule has 28 heavy (non-hydrogen) atoms. The zero-order valence-electron chi connectivity index (χ0n) is 15.3. The zero-order chi connectivity index (χ0) is 20.1. The highest BCUT2D eigenvalue weighted by Gasteiger charge is 2.28. The molecule has 0 spiro atoms. The average molecular weight is 394 g/mol. The first kappa shape index (κ1) is 18.1. The molecule has 142 valence electrons. The van der Waals surface area contributed by atoms with Crippen molar-refractivity contribution >= 4 is 43.0 Å². The molecular weight excluding hydrogens is 376 g/mol. The molecule has 1 heterocycles. The topological polar surface area (TPSA) is 93.6 Å². The van der Waals surface area contributed by atoms with E-state index in [1.54, 1.807) is 42.5 Å². The highest BCUT2D eigenvalue weighted by molar-refractivity contribution is 7.92. The Morgan fingerprint density at radius 2 is 1.50 bits per heavy atom. The van der Waals surface area contributed by atoms with E-state index in [2.05, 4.69) is 0 Å². The van der Waals surface area contributed by atoms with Crippen molar-refractivity contribution in [2.45, 2.75) is 9.79 Å². The predicted molar refractivity (Wildman–Crippen MR) is 111 cm³/mol. The van der Waals surface area contributed by atoms with Crippen molar-refractivity contribution in [2.75, 3.05) is 24.7 Å². The second kappa shape index (κ2) is 6.38. The van der Waals surface area contributed by atoms with Crippen LogP contribution < -0.4 is 16.3 Å². The maximum absolute atomic E-state index is 13.6. The Bertz CT molecular complexity index is 1390. The maximum atomic E-state index is 13.6. The number of hydrogen-bond donors (Lipinski definition) is 1. The Hall–Kier alpha value is -3.32. The molecule has 2 N–H and O–H groups in total. The van der Waals surface area contributed by atoms with Crippen LogP contribution in [0.1, 0.15) is 0 Å². The van der Waals surface area contributed by atoms with Crippen LogP contribution in [0.4, 0.5) is 11.4 Å². The number of rotatable bonds is 3. The van der Waals surface area contributed by atoms with Crippen molar-refractivity contribution in [3.8, 4) is 0 Å². The minimum atomic E-state index is -4.09. The second-order valence-electron chi connectivity index (χ2n) is 6.65. The third-order valence-electron chi connectivity index (χ3n) is 4.70. The lowest BCUT2D eigenvalue weighted by Gasteiger charge is -2.17.